The Balaban J connectivity index is 2.10. The van der Waals surface area contributed by atoms with Gasteiger partial charge < -0.3 is 10.2 Å². The summed E-state index contributed by atoms with van der Waals surface area (Å²) in [4.78, 5) is 2.20. The number of nitrogens with one attached hydrogen (secondary N) is 1. The minimum atomic E-state index is 0.552. The summed E-state index contributed by atoms with van der Waals surface area (Å²) in [5.41, 5.74) is 3.01. The normalized spacial score (nSPS) is 19.3. The van der Waals surface area contributed by atoms with Crippen LogP contribution in [-0.2, 0) is 0 Å². The number of likely N-dealkylation sites (N-methyl/N-ethyl adjacent to an activating group) is 1. The highest BCUT2D eigenvalue weighted by atomic mass is 15.1. The lowest BCUT2D eigenvalue weighted by Crippen LogP contribution is -2.42. The largest absolute Gasteiger partial charge is 0.372 e. The van der Waals surface area contributed by atoms with Gasteiger partial charge in [-0.25, -0.2) is 0 Å². The summed E-state index contributed by atoms with van der Waals surface area (Å²) in [6.45, 7) is 4.16. The van der Waals surface area contributed by atoms with Gasteiger partial charge in [-0.3, -0.25) is 0 Å². The third-order valence-electron chi connectivity index (χ3n) is 3.59. The van der Waals surface area contributed by atoms with Crippen molar-refractivity contribution >= 4 is 5.69 Å². The van der Waals surface area contributed by atoms with E-state index in [1.807, 2.05) is 12.1 Å². The quantitative estimate of drug-likeness (QED) is 0.886. The molecule has 1 heterocycles. The fraction of sp³-hybridized carbons (Fsp3) is 0.533. The van der Waals surface area contributed by atoms with Crippen molar-refractivity contribution in [2.45, 2.75) is 32.2 Å². The third-order valence-corrected chi connectivity index (χ3v) is 3.59. The second-order valence-electron chi connectivity index (χ2n) is 5.16. The molecule has 1 unspecified atom stereocenters. The molecule has 96 valence electrons. The van der Waals surface area contributed by atoms with Gasteiger partial charge in [0, 0.05) is 19.6 Å². The number of anilines is 1. The van der Waals surface area contributed by atoms with E-state index in [1.165, 1.54) is 24.8 Å². The van der Waals surface area contributed by atoms with Crippen molar-refractivity contribution in [3.05, 3.63) is 29.3 Å². The molecule has 1 atom stereocenters. The van der Waals surface area contributed by atoms with Gasteiger partial charge in [-0.05, 0) is 44.0 Å². The zero-order valence-electron chi connectivity index (χ0n) is 11.2. The first kappa shape index (κ1) is 12.9. The summed E-state index contributed by atoms with van der Waals surface area (Å²) < 4.78 is 0. The number of aryl methyl sites for hydroxylation is 1. The average Bonchev–Trinajstić information content (AvgIpc) is 2.40. The van der Waals surface area contributed by atoms with Crippen molar-refractivity contribution in [3.63, 3.8) is 0 Å². The molecule has 3 nitrogen and oxygen atoms in total. The number of nitriles is 1. The van der Waals surface area contributed by atoms with Crippen molar-refractivity contribution in [1.82, 2.24) is 5.32 Å². The predicted octanol–water partition coefficient (Wildman–Crippen LogP) is 2.45. The summed E-state index contributed by atoms with van der Waals surface area (Å²) in [5.74, 6) is 0. The summed E-state index contributed by atoms with van der Waals surface area (Å²) >= 11 is 0. The Labute approximate surface area is 109 Å². The monoisotopic (exact) mass is 243 g/mol. The van der Waals surface area contributed by atoms with Crippen LogP contribution in [0.3, 0.4) is 0 Å². The summed E-state index contributed by atoms with van der Waals surface area (Å²) in [6, 6.07) is 8.84. The number of hydrogen-bond acceptors (Lipinski definition) is 3. The van der Waals surface area contributed by atoms with E-state index in [-0.39, 0.29) is 0 Å². The standard InChI is InChI=1S/C15H21N3/c1-12-6-7-13(10-16)15(9-12)18(2)11-14-5-3-4-8-17-14/h6-7,9,14,17H,3-5,8,11H2,1-2H3. The number of benzene rings is 1. The van der Waals surface area contributed by atoms with Gasteiger partial charge in [-0.15, -0.1) is 0 Å². The fourth-order valence-corrected chi connectivity index (χ4v) is 2.56. The molecule has 0 saturated carbocycles. The molecule has 1 aliphatic heterocycles. The number of hydrogen-bond donors (Lipinski definition) is 1. The topological polar surface area (TPSA) is 39.1 Å². The molecule has 0 aromatic heterocycles. The van der Waals surface area contributed by atoms with Crippen LogP contribution in [0.1, 0.15) is 30.4 Å². The van der Waals surface area contributed by atoms with Crippen LogP contribution < -0.4 is 10.2 Å². The fourth-order valence-electron chi connectivity index (χ4n) is 2.56. The number of piperidine rings is 1. The second kappa shape index (κ2) is 5.88. The van der Waals surface area contributed by atoms with Crippen LogP contribution in [0.5, 0.6) is 0 Å². The van der Waals surface area contributed by atoms with E-state index in [0.29, 0.717) is 6.04 Å². The summed E-state index contributed by atoms with van der Waals surface area (Å²) in [6.07, 6.45) is 3.83. The Morgan fingerprint density at radius 2 is 2.28 bits per heavy atom. The van der Waals surface area contributed by atoms with E-state index in [1.54, 1.807) is 0 Å². The van der Waals surface area contributed by atoms with Gasteiger partial charge in [0.2, 0.25) is 0 Å². The van der Waals surface area contributed by atoms with Gasteiger partial charge in [0.05, 0.1) is 11.3 Å². The smallest absolute Gasteiger partial charge is 0.101 e. The minimum absolute atomic E-state index is 0.552. The molecular formula is C15H21N3. The first-order valence-electron chi connectivity index (χ1n) is 6.66. The molecule has 1 N–H and O–H groups in total. The Bertz CT molecular complexity index is 442. The van der Waals surface area contributed by atoms with E-state index in [4.69, 9.17) is 0 Å². The maximum absolute atomic E-state index is 9.17. The predicted molar refractivity (Wildman–Crippen MR) is 74.8 cm³/mol. The van der Waals surface area contributed by atoms with E-state index in [9.17, 15) is 5.26 Å². The number of rotatable bonds is 3. The zero-order valence-corrected chi connectivity index (χ0v) is 11.2. The maximum Gasteiger partial charge on any atom is 0.101 e. The Kier molecular flexibility index (Phi) is 4.22. The molecule has 2 rings (SSSR count). The van der Waals surface area contributed by atoms with Crippen molar-refractivity contribution < 1.29 is 0 Å². The molecule has 0 spiro atoms. The molecule has 1 saturated heterocycles. The van der Waals surface area contributed by atoms with Gasteiger partial charge in [0.1, 0.15) is 6.07 Å². The van der Waals surface area contributed by atoms with Crippen LogP contribution in [0.4, 0.5) is 5.69 Å². The molecular weight excluding hydrogens is 222 g/mol. The third kappa shape index (κ3) is 3.02. The molecule has 0 radical (unpaired) electrons. The summed E-state index contributed by atoms with van der Waals surface area (Å²) in [5, 5.41) is 12.7. The lowest BCUT2D eigenvalue weighted by atomic mass is 10.0. The van der Waals surface area contributed by atoms with Crippen LogP contribution in [0.15, 0.2) is 18.2 Å². The molecule has 3 heteroatoms. The lowest BCUT2D eigenvalue weighted by molar-refractivity contribution is 0.403. The second-order valence-corrected chi connectivity index (χ2v) is 5.16. The first-order valence-corrected chi connectivity index (χ1v) is 6.66. The van der Waals surface area contributed by atoms with Crippen molar-refractivity contribution in [3.8, 4) is 6.07 Å². The molecule has 18 heavy (non-hydrogen) atoms. The molecule has 0 aliphatic carbocycles. The Morgan fingerprint density at radius 3 is 2.94 bits per heavy atom. The molecule has 0 amide bonds. The molecule has 1 fully saturated rings. The van der Waals surface area contributed by atoms with Crippen molar-refractivity contribution in [2.24, 2.45) is 0 Å². The van der Waals surface area contributed by atoms with E-state index < -0.39 is 0 Å². The highest BCUT2D eigenvalue weighted by molar-refractivity contribution is 5.60. The van der Waals surface area contributed by atoms with E-state index >= 15 is 0 Å². The lowest BCUT2D eigenvalue weighted by Gasteiger charge is -2.30. The van der Waals surface area contributed by atoms with Crippen molar-refractivity contribution in [2.75, 3.05) is 25.0 Å². The Hall–Kier alpha value is -1.53. The molecule has 1 aromatic rings. The van der Waals surface area contributed by atoms with Crippen LogP contribution in [0.25, 0.3) is 0 Å². The maximum atomic E-state index is 9.17. The summed E-state index contributed by atoms with van der Waals surface area (Å²) in [7, 11) is 2.08. The molecule has 1 aromatic carbocycles. The van der Waals surface area contributed by atoms with Crippen LogP contribution in [-0.4, -0.2) is 26.2 Å². The van der Waals surface area contributed by atoms with Crippen LogP contribution in [0, 0.1) is 18.3 Å². The van der Waals surface area contributed by atoms with Crippen molar-refractivity contribution in [1.29, 1.82) is 5.26 Å². The molecule has 1 aliphatic rings. The first-order chi connectivity index (χ1) is 8.70. The highest BCUT2D eigenvalue weighted by Crippen LogP contribution is 2.21. The van der Waals surface area contributed by atoms with Gasteiger partial charge >= 0.3 is 0 Å². The highest BCUT2D eigenvalue weighted by Gasteiger charge is 2.16. The number of nitrogens with zero attached hydrogens (tertiary/aromatic N) is 2. The van der Waals surface area contributed by atoms with Gasteiger partial charge in [-0.2, -0.15) is 5.26 Å². The van der Waals surface area contributed by atoms with Crippen LogP contribution >= 0.6 is 0 Å². The van der Waals surface area contributed by atoms with Gasteiger partial charge in [0.25, 0.3) is 0 Å². The average molecular weight is 243 g/mol. The Morgan fingerprint density at radius 1 is 1.44 bits per heavy atom. The molecule has 0 bridgehead atoms. The van der Waals surface area contributed by atoms with E-state index in [0.717, 1.165) is 24.3 Å². The van der Waals surface area contributed by atoms with Crippen LogP contribution in [0.2, 0.25) is 0 Å². The van der Waals surface area contributed by atoms with Gasteiger partial charge in [-0.1, -0.05) is 12.5 Å². The minimum Gasteiger partial charge on any atom is -0.372 e. The van der Waals surface area contributed by atoms with E-state index in [2.05, 4.69) is 36.3 Å². The zero-order chi connectivity index (χ0) is 13.0. The SMILES string of the molecule is Cc1ccc(C#N)c(N(C)CC2CCCCN2)c1. The van der Waals surface area contributed by atoms with Gasteiger partial charge in [0.15, 0.2) is 0 Å².